The van der Waals surface area contributed by atoms with E-state index in [-0.39, 0.29) is 17.8 Å². The Bertz CT molecular complexity index is 1220. The molecule has 1 aliphatic rings. The molecule has 0 bridgehead atoms. The Morgan fingerprint density at radius 2 is 1.87 bits per heavy atom. The topological polar surface area (TPSA) is 66.2 Å². The molecule has 2 N–H and O–H groups in total. The van der Waals surface area contributed by atoms with Crippen molar-refractivity contribution in [1.29, 1.82) is 0 Å². The van der Waals surface area contributed by atoms with Crippen molar-refractivity contribution < 1.29 is 5.11 Å². The first-order chi connectivity index (χ1) is 15.0. The van der Waals surface area contributed by atoms with Crippen LogP contribution in [0.1, 0.15) is 34.7 Å². The minimum Gasteiger partial charge on any atom is -0.508 e. The van der Waals surface area contributed by atoms with Crippen LogP contribution in [0.25, 0.3) is 5.13 Å². The van der Waals surface area contributed by atoms with Crippen molar-refractivity contribution in [3.05, 3.63) is 88.9 Å². The number of phenolic OH excluding ortho intramolecular Hbond substituents is 1. The van der Waals surface area contributed by atoms with Crippen LogP contribution in [0.3, 0.4) is 0 Å². The number of thiazole rings is 1. The zero-order chi connectivity index (χ0) is 21.5. The number of nitrogens with one attached hydrogen (secondary N) is 1. The molecule has 6 nitrogen and oxygen atoms in total. The summed E-state index contributed by atoms with van der Waals surface area (Å²) in [7, 11) is 0. The van der Waals surface area contributed by atoms with E-state index >= 15 is 0 Å². The fourth-order valence-corrected chi connectivity index (χ4v) is 5.37. The lowest BCUT2D eigenvalue weighted by molar-refractivity contribution is 0.475. The molecular formula is C23H21N5OS2. The molecule has 0 amide bonds. The van der Waals surface area contributed by atoms with Gasteiger partial charge in [-0.3, -0.25) is 9.55 Å². The predicted octanol–water partition coefficient (Wildman–Crippen LogP) is 4.83. The van der Waals surface area contributed by atoms with Crippen molar-refractivity contribution in [2.24, 2.45) is 0 Å². The van der Waals surface area contributed by atoms with E-state index < -0.39 is 0 Å². The number of nitrogens with zero attached hydrogens (tertiary/aromatic N) is 4. The molecule has 0 radical (unpaired) electrons. The molecule has 0 saturated carbocycles. The summed E-state index contributed by atoms with van der Waals surface area (Å²) in [5.74, 6) is 0.224. The van der Waals surface area contributed by atoms with Crippen molar-refractivity contribution in [2.45, 2.75) is 25.9 Å². The molecule has 31 heavy (non-hydrogen) atoms. The highest BCUT2D eigenvalue weighted by Gasteiger charge is 2.42. The average Bonchev–Trinajstić information content (AvgIpc) is 3.47. The van der Waals surface area contributed by atoms with Crippen LogP contribution < -0.4 is 10.2 Å². The number of aromatic nitrogens is 3. The molecule has 156 valence electrons. The summed E-state index contributed by atoms with van der Waals surface area (Å²) in [6, 6.07) is 15.1. The van der Waals surface area contributed by atoms with Crippen molar-refractivity contribution in [2.75, 3.05) is 4.90 Å². The van der Waals surface area contributed by atoms with Gasteiger partial charge in [-0.1, -0.05) is 6.07 Å². The van der Waals surface area contributed by atoms with E-state index in [0.717, 1.165) is 33.5 Å². The molecular weight excluding hydrogens is 426 g/mol. The molecule has 1 fully saturated rings. The number of thiocarbonyl (C=S) groups is 1. The number of pyridine rings is 1. The Hall–Kier alpha value is -3.23. The lowest BCUT2D eigenvalue weighted by atomic mass is 9.96. The maximum atomic E-state index is 9.78. The van der Waals surface area contributed by atoms with Gasteiger partial charge >= 0.3 is 0 Å². The normalized spacial score (nSPS) is 18.4. The van der Waals surface area contributed by atoms with Gasteiger partial charge < -0.3 is 15.3 Å². The molecule has 1 aromatic carbocycles. The summed E-state index contributed by atoms with van der Waals surface area (Å²) in [5, 5.41) is 16.8. The van der Waals surface area contributed by atoms with E-state index in [4.69, 9.17) is 12.2 Å². The summed E-state index contributed by atoms with van der Waals surface area (Å²) in [6.07, 6.45) is 3.63. The maximum Gasteiger partial charge on any atom is 0.193 e. The summed E-state index contributed by atoms with van der Waals surface area (Å²) in [4.78, 5) is 11.2. The van der Waals surface area contributed by atoms with Gasteiger partial charge in [0.2, 0.25) is 0 Å². The Balaban J connectivity index is 1.68. The highest BCUT2D eigenvalue weighted by atomic mass is 32.1. The Labute approximate surface area is 189 Å². The molecule has 0 spiro atoms. The SMILES string of the molecule is Cc1cc(C2C(c3ccccn3)NC(=S)N2c2ccc(O)cc2)c(C)n1-c1nccs1. The van der Waals surface area contributed by atoms with Crippen molar-refractivity contribution in [3.8, 4) is 10.9 Å². The van der Waals surface area contributed by atoms with Crippen LogP contribution in [-0.2, 0) is 0 Å². The van der Waals surface area contributed by atoms with Gasteiger partial charge in [0.15, 0.2) is 10.2 Å². The summed E-state index contributed by atoms with van der Waals surface area (Å²) < 4.78 is 2.19. The third kappa shape index (κ3) is 3.37. The zero-order valence-electron chi connectivity index (χ0n) is 17.1. The fourth-order valence-electron chi connectivity index (χ4n) is 4.27. The summed E-state index contributed by atoms with van der Waals surface area (Å²) in [6.45, 7) is 4.22. The number of anilines is 1. The van der Waals surface area contributed by atoms with Crippen LogP contribution in [0.5, 0.6) is 5.75 Å². The minimum atomic E-state index is -0.118. The Kier molecular flexibility index (Phi) is 4.95. The number of rotatable bonds is 4. The standard InChI is InChI=1S/C23H21N5OS2/c1-14-13-18(15(2)27(14)23-25-11-12-31-23)21-20(19-5-3-4-10-24-19)26-22(30)28(21)16-6-8-17(29)9-7-16/h3-13,20-21,29H,1-2H3,(H,26,30). The second kappa shape index (κ2) is 7.79. The van der Waals surface area contributed by atoms with E-state index in [1.54, 1.807) is 29.7 Å². The van der Waals surface area contributed by atoms with Crippen molar-refractivity contribution in [3.63, 3.8) is 0 Å². The number of phenols is 1. The predicted molar refractivity (Wildman–Crippen MR) is 127 cm³/mol. The average molecular weight is 448 g/mol. The van der Waals surface area contributed by atoms with Gasteiger partial charge in [-0.15, -0.1) is 11.3 Å². The monoisotopic (exact) mass is 447 g/mol. The van der Waals surface area contributed by atoms with Gasteiger partial charge in [-0.05, 0) is 74.1 Å². The number of benzene rings is 1. The zero-order valence-corrected chi connectivity index (χ0v) is 18.7. The molecule has 1 saturated heterocycles. The Morgan fingerprint density at radius 1 is 1.06 bits per heavy atom. The smallest absolute Gasteiger partial charge is 0.193 e. The van der Waals surface area contributed by atoms with Crippen LogP contribution in [-0.4, -0.2) is 24.8 Å². The second-order valence-corrected chi connectivity index (χ2v) is 8.75. The van der Waals surface area contributed by atoms with Crippen LogP contribution in [0.2, 0.25) is 0 Å². The lowest BCUT2D eigenvalue weighted by Gasteiger charge is -2.28. The summed E-state index contributed by atoms with van der Waals surface area (Å²) in [5.41, 5.74) is 5.23. The second-order valence-electron chi connectivity index (χ2n) is 7.49. The maximum absolute atomic E-state index is 9.78. The Morgan fingerprint density at radius 3 is 2.55 bits per heavy atom. The highest BCUT2D eigenvalue weighted by Crippen LogP contribution is 2.44. The molecule has 5 rings (SSSR count). The van der Waals surface area contributed by atoms with Crippen LogP contribution >= 0.6 is 23.6 Å². The van der Waals surface area contributed by atoms with Crippen molar-refractivity contribution >= 4 is 34.4 Å². The molecule has 8 heteroatoms. The van der Waals surface area contributed by atoms with E-state index in [9.17, 15) is 5.11 Å². The largest absolute Gasteiger partial charge is 0.508 e. The number of hydrogen-bond acceptors (Lipinski definition) is 5. The molecule has 0 aliphatic carbocycles. The minimum absolute atomic E-state index is 0.105. The highest BCUT2D eigenvalue weighted by molar-refractivity contribution is 7.80. The van der Waals surface area contributed by atoms with Gasteiger partial charge in [0.1, 0.15) is 5.75 Å². The van der Waals surface area contributed by atoms with Gasteiger partial charge in [-0.2, -0.15) is 0 Å². The van der Waals surface area contributed by atoms with Gasteiger partial charge in [0, 0.05) is 34.8 Å². The molecule has 1 aliphatic heterocycles. The third-order valence-corrected chi connectivity index (χ3v) is 6.70. The van der Waals surface area contributed by atoms with E-state index in [2.05, 4.69) is 44.7 Å². The number of aryl methyl sites for hydroxylation is 1. The van der Waals surface area contributed by atoms with E-state index in [0.29, 0.717) is 5.11 Å². The molecule has 4 heterocycles. The number of hydrogen-bond donors (Lipinski definition) is 2. The van der Waals surface area contributed by atoms with Gasteiger partial charge in [0.25, 0.3) is 0 Å². The van der Waals surface area contributed by atoms with Crippen LogP contribution in [0.4, 0.5) is 5.69 Å². The van der Waals surface area contributed by atoms with E-state index in [1.165, 1.54) is 0 Å². The molecule has 2 atom stereocenters. The molecule has 3 aromatic heterocycles. The van der Waals surface area contributed by atoms with Crippen LogP contribution in [0.15, 0.2) is 66.3 Å². The van der Waals surface area contributed by atoms with Gasteiger partial charge in [-0.25, -0.2) is 4.98 Å². The van der Waals surface area contributed by atoms with Crippen molar-refractivity contribution in [1.82, 2.24) is 19.9 Å². The number of aromatic hydroxyl groups is 1. The van der Waals surface area contributed by atoms with E-state index in [1.807, 2.05) is 41.9 Å². The third-order valence-electron chi connectivity index (χ3n) is 5.63. The molecule has 4 aromatic rings. The first-order valence-corrected chi connectivity index (χ1v) is 11.2. The first kappa shape index (κ1) is 19.7. The first-order valence-electron chi connectivity index (χ1n) is 9.93. The van der Waals surface area contributed by atoms with Crippen LogP contribution in [0, 0.1) is 13.8 Å². The fraction of sp³-hybridized carbons (Fsp3) is 0.174. The quantitative estimate of drug-likeness (QED) is 0.437. The molecule has 2 unspecified atom stereocenters. The lowest BCUT2D eigenvalue weighted by Crippen LogP contribution is -2.29. The summed E-state index contributed by atoms with van der Waals surface area (Å²) >= 11 is 7.39. The van der Waals surface area contributed by atoms with Gasteiger partial charge in [0.05, 0.1) is 17.8 Å².